The van der Waals surface area contributed by atoms with Crippen LogP contribution in [0.5, 0.6) is 0 Å². The molecular weight excluding hydrogens is 342 g/mol. The van der Waals surface area contributed by atoms with Crippen LogP contribution in [-0.2, 0) is 16.0 Å². The van der Waals surface area contributed by atoms with Crippen LogP contribution in [0, 0.1) is 11.6 Å². The Balaban J connectivity index is 1.85. The van der Waals surface area contributed by atoms with E-state index in [4.69, 9.17) is 4.74 Å². The lowest BCUT2D eigenvalue weighted by Crippen LogP contribution is -2.43. The van der Waals surface area contributed by atoms with Crippen molar-refractivity contribution in [1.29, 1.82) is 0 Å². The van der Waals surface area contributed by atoms with Crippen molar-refractivity contribution in [3.05, 3.63) is 71.4 Å². The first-order valence-electron chi connectivity index (χ1n) is 7.88. The molecular formula is C19H16F2N2O3. The number of aromatic nitrogens is 1. The number of H-pyrrole nitrogens is 1. The van der Waals surface area contributed by atoms with Crippen molar-refractivity contribution < 1.29 is 23.1 Å². The van der Waals surface area contributed by atoms with Gasteiger partial charge in [-0.05, 0) is 29.8 Å². The van der Waals surface area contributed by atoms with Crippen molar-refractivity contribution >= 4 is 22.8 Å². The highest BCUT2D eigenvalue weighted by atomic mass is 19.1. The molecule has 1 heterocycles. The number of benzene rings is 2. The summed E-state index contributed by atoms with van der Waals surface area (Å²) in [5.74, 6) is -3.19. The Kier molecular flexibility index (Phi) is 4.97. The van der Waals surface area contributed by atoms with Gasteiger partial charge < -0.3 is 15.0 Å². The van der Waals surface area contributed by atoms with E-state index in [9.17, 15) is 18.4 Å². The van der Waals surface area contributed by atoms with Crippen LogP contribution in [0.2, 0.25) is 0 Å². The number of ether oxygens (including phenoxy) is 1. The first-order chi connectivity index (χ1) is 12.5. The first-order valence-corrected chi connectivity index (χ1v) is 7.88. The molecule has 26 heavy (non-hydrogen) atoms. The molecule has 0 aliphatic heterocycles. The molecule has 1 aromatic heterocycles. The number of carbonyl (C=O) groups is 2. The zero-order valence-corrected chi connectivity index (χ0v) is 13.9. The minimum absolute atomic E-state index is 0.138. The number of amides is 1. The lowest BCUT2D eigenvalue weighted by Gasteiger charge is -2.16. The molecule has 3 aromatic rings. The summed E-state index contributed by atoms with van der Waals surface area (Å²) < 4.78 is 31.8. The Morgan fingerprint density at radius 1 is 1.19 bits per heavy atom. The van der Waals surface area contributed by atoms with Gasteiger partial charge in [0.2, 0.25) is 0 Å². The number of hydrogen-bond donors (Lipinski definition) is 2. The zero-order chi connectivity index (χ0) is 18.7. The molecule has 3 rings (SSSR count). The van der Waals surface area contributed by atoms with Crippen LogP contribution in [0.25, 0.3) is 10.9 Å². The maximum absolute atomic E-state index is 13.8. The van der Waals surface area contributed by atoms with E-state index in [-0.39, 0.29) is 6.42 Å². The number of para-hydroxylation sites is 1. The van der Waals surface area contributed by atoms with Gasteiger partial charge in [0.15, 0.2) is 0 Å². The summed E-state index contributed by atoms with van der Waals surface area (Å²) in [6.45, 7) is 0. The van der Waals surface area contributed by atoms with Gasteiger partial charge in [0.1, 0.15) is 17.7 Å². The smallest absolute Gasteiger partial charge is 0.328 e. The fourth-order valence-electron chi connectivity index (χ4n) is 2.76. The van der Waals surface area contributed by atoms with Gasteiger partial charge in [0.05, 0.1) is 12.7 Å². The number of aromatic amines is 1. The quantitative estimate of drug-likeness (QED) is 0.689. The van der Waals surface area contributed by atoms with Crippen LogP contribution in [0.1, 0.15) is 15.9 Å². The monoisotopic (exact) mass is 358 g/mol. The molecule has 1 amide bonds. The molecule has 134 valence electrons. The second-order valence-electron chi connectivity index (χ2n) is 5.74. The molecule has 0 aliphatic carbocycles. The third-order valence-electron chi connectivity index (χ3n) is 4.06. The minimum Gasteiger partial charge on any atom is -0.467 e. The molecule has 1 unspecified atom stereocenters. The number of esters is 1. The summed E-state index contributed by atoms with van der Waals surface area (Å²) in [5.41, 5.74) is 1.20. The van der Waals surface area contributed by atoms with Gasteiger partial charge in [0.25, 0.3) is 5.91 Å². The van der Waals surface area contributed by atoms with Gasteiger partial charge in [0, 0.05) is 23.5 Å². The van der Waals surface area contributed by atoms with E-state index in [1.54, 1.807) is 6.20 Å². The van der Waals surface area contributed by atoms with Gasteiger partial charge in [-0.25, -0.2) is 13.6 Å². The summed E-state index contributed by atoms with van der Waals surface area (Å²) in [7, 11) is 1.19. The highest BCUT2D eigenvalue weighted by Crippen LogP contribution is 2.20. The summed E-state index contributed by atoms with van der Waals surface area (Å²) in [6, 6.07) is 8.99. The summed E-state index contributed by atoms with van der Waals surface area (Å²) in [4.78, 5) is 27.5. The number of fused-ring (bicyclic) bond motifs is 1. The topological polar surface area (TPSA) is 71.2 Å². The zero-order valence-electron chi connectivity index (χ0n) is 13.9. The molecule has 0 bridgehead atoms. The average Bonchev–Trinajstić information content (AvgIpc) is 3.05. The number of nitrogens with one attached hydrogen (secondary N) is 2. The first kappa shape index (κ1) is 17.6. The molecule has 0 spiro atoms. The SMILES string of the molecule is COC(=O)C(Cc1c[nH]c2ccccc12)NC(=O)c1cc(F)ccc1F. The maximum atomic E-state index is 13.8. The molecule has 7 heteroatoms. The fourth-order valence-corrected chi connectivity index (χ4v) is 2.76. The Labute approximate surface area is 148 Å². The highest BCUT2D eigenvalue weighted by Gasteiger charge is 2.25. The van der Waals surface area contributed by atoms with Crippen LogP contribution in [0.3, 0.4) is 0 Å². The van der Waals surface area contributed by atoms with Crippen molar-refractivity contribution in [3.8, 4) is 0 Å². The van der Waals surface area contributed by atoms with E-state index in [0.717, 1.165) is 34.7 Å². The predicted molar refractivity (Wildman–Crippen MR) is 91.6 cm³/mol. The average molecular weight is 358 g/mol. The van der Waals surface area contributed by atoms with E-state index in [1.807, 2.05) is 24.3 Å². The third-order valence-corrected chi connectivity index (χ3v) is 4.06. The van der Waals surface area contributed by atoms with Gasteiger partial charge >= 0.3 is 5.97 Å². The molecule has 0 aliphatic rings. The van der Waals surface area contributed by atoms with Gasteiger partial charge in [-0.2, -0.15) is 0 Å². The van der Waals surface area contributed by atoms with Crippen molar-refractivity contribution in [1.82, 2.24) is 10.3 Å². The number of carbonyl (C=O) groups excluding carboxylic acids is 2. The molecule has 1 atom stereocenters. The van der Waals surface area contributed by atoms with Crippen LogP contribution >= 0.6 is 0 Å². The van der Waals surface area contributed by atoms with Gasteiger partial charge in [-0.3, -0.25) is 4.79 Å². The number of halogens is 2. The maximum Gasteiger partial charge on any atom is 0.328 e. The highest BCUT2D eigenvalue weighted by molar-refractivity contribution is 5.97. The van der Waals surface area contributed by atoms with Crippen LogP contribution < -0.4 is 5.32 Å². The fraction of sp³-hybridized carbons (Fsp3) is 0.158. The normalized spacial score (nSPS) is 12.0. The second-order valence-corrected chi connectivity index (χ2v) is 5.74. The molecule has 2 N–H and O–H groups in total. The Bertz CT molecular complexity index is 968. The molecule has 0 radical (unpaired) electrons. The van der Waals surface area contributed by atoms with Gasteiger partial charge in [-0.15, -0.1) is 0 Å². The van der Waals surface area contributed by atoms with E-state index in [1.165, 1.54) is 7.11 Å². The van der Waals surface area contributed by atoms with Crippen molar-refractivity contribution in [3.63, 3.8) is 0 Å². The Morgan fingerprint density at radius 3 is 2.73 bits per heavy atom. The lowest BCUT2D eigenvalue weighted by molar-refractivity contribution is -0.142. The van der Waals surface area contributed by atoms with E-state index >= 15 is 0 Å². The number of rotatable bonds is 5. The van der Waals surface area contributed by atoms with Crippen molar-refractivity contribution in [2.75, 3.05) is 7.11 Å². The molecule has 0 saturated heterocycles. The largest absolute Gasteiger partial charge is 0.467 e. The Morgan fingerprint density at radius 2 is 1.96 bits per heavy atom. The summed E-state index contributed by atoms with van der Waals surface area (Å²) in [6.07, 6.45) is 1.87. The van der Waals surface area contributed by atoms with Crippen LogP contribution in [0.15, 0.2) is 48.7 Å². The molecule has 2 aromatic carbocycles. The van der Waals surface area contributed by atoms with Gasteiger partial charge in [-0.1, -0.05) is 18.2 Å². The summed E-state index contributed by atoms with van der Waals surface area (Å²) in [5, 5.41) is 3.32. The Hall–Kier alpha value is -3.22. The second kappa shape index (κ2) is 7.35. The lowest BCUT2D eigenvalue weighted by atomic mass is 10.0. The molecule has 5 nitrogen and oxygen atoms in total. The van der Waals surface area contributed by atoms with E-state index in [0.29, 0.717) is 0 Å². The standard InChI is InChI=1S/C19H16F2N2O3/c1-26-19(25)17(8-11-10-22-16-5-3-2-4-13(11)16)23-18(24)14-9-12(20)6-7-15(14)21/h2-7,9-10,17,22H,8H2,1H3,(H,23,24). The third kappa shape index (κ3) is 3.56. The number of hydrogen-bond acceptors (Lipinski definition) is 3. The van der Waals surface area contributed by atoms with Crippen LogP contribution in [0.4, 0.5) is 8.78 Å². The molecule has 0 fully saturated rings. The molecule has 0 saturated carbocycles. The van der Waals surface area contributed by atoms with Crippen molar-refractivity contribution in [2.45, 2.75) is 12.5 Å². The van der Waals surface area contributed by atoms with Crippen molar-refractivity contribution in [2.24, 2.45) is 0 Å². The number of methoxy groups -OCH3 is 1. The minimum atomic E-state index is -1.05. The summed E-state index contributed by atoms with van der Waals surface area (Å²) >= 11 is 0. The van der Waals surface area contributed by atoms with E-state index < -0.39 is 35.1 Å². The predicted octanol–water partition coefficient (Wildman–Crippen LogP) is 2.96. The van der Waals surface area contributed by atoms with Crippen LogP contribution in [-0.4, -0.2) is 30.0 Å². The van der Waals surface area contributed by atoms with E-state index in [2.05, 4.69) is 10.3 Å².